The monoisotopic (exact) mass is 421 g/mol. The zero-order chi connectivity index (χ0) is 20.5. The molecule has 2 aromatic carbocycles. The number of aliphatic hydroxyl groups excluding tert-OH is 1. The largest absolute Gasteiger partial charge is 0.473 e. The number of rotatable bonds is 6. The van der Waals surface area contributed by atoms with Crippen LogP contribution in [0.5, 0.6) is 0 Å². The van der Waals surface area contributed by atoms with Gasteiger partial charge in [-0.05, 0) is 41.6 Å². The molecule has 0 saturated carbocycles. The predicted octanol–water partition coefficient (Wildman–Crippen LogP) is 3.58. The molecular weight excluding hydrogens is 402 g/mol. The third kappa shape index (κ3) is 6.94. The van der Waals surface area contributed by atoms with Crippen molar-refractivity contribution in [3.63, 3.8) is 0 Å². The lowest BCUT2D eigenvalue weighted by atomic mass is 10.1. The summed E-state index contributed by atoms with van der Waals surface area (Å²) in [4.78, 5) is 19.6. The smallest absolute Gasteiger partial charge is 0.414 e. The van der Waals surface area contributed by atoms with Crippen LogP contribution in [0.25, 0.3) is 10.1 Å². The number of nitrogens with one attached hydrogen (secondary N) is 1. The first-order chi connectivity index (χ1) is 13.4. The number of hydrogen-bond acceptors (Lipinski definition) is 5. The van der Waals surface area contributed by atoms with Gasteiger partial charge in [-0.15, -0.1) is 11.3 Å². The molecule has 6 nitrogen and oxygen atoms in total. The highest BCUT2D eigenvalue weighted by Gasteiger charge is 2.07. The summed E-state index contributed by atoms with van der Waals surface area (Å²) in [5, 5.41) is 30.2. The number of carboxylic acids is 2. The van der Waals surface area contributed by atoms with E-state index in [9.17, 15) is 5.11 Å². The number of thiophene rings is 1. The van der Waals surface area contributed by atoms with Crippen molar-refractivity contribution in [1.82, 2.24) is 5.32 Å². The minimum atomic E-state index is -1.82. The Morgan fingerprint density at radius 1 is 1.04 bits per heavy atom. The van der Waals surface area contributed by atoms with Gasteiger partial charge in [0.15, 0.2) is 0 Å². The van der Waals surface area contributed by atoms with Crippen molar-refractivity contribution in [1.29, 1.82) is 0 Å². The van der Waals surface area contributed by atoms with E-state index < -0.39 is 18.0 Å². The summed E-state index contributed by atoms with van der Waals surface area (Å²) < 4.78 is 1.33. The molecule has 4 N–H and O–H groups in total. The lowest BCUT2D eigenvalue weighted by molar-refractivity contribution is -0.159. The van der Waals surface area contributed by atoms with Gasteiger partial charge in [-0.25, -0.2) is 9.59 Å². The molecule has 1 heterocycles. The highest BCUT2D eigenvalue weighted by atomic mass is 35.5. The number of aliphatic hydroxyl groups is 1. The molecule has 1 aromatic heterocycles. The third-order valence-electron chi connectivity index (χ3n) is 3.78. The molecule has 0 aliphatic heterocycles. The summed E-state index contributed by atoms with van der Waals surface area (Å²) in [6.07, 6.45) is 0.447. The SMILES string of the molecule is O=C(O)C(=O)O.OC(CNCCc1cc2ccccc2s1)c1cccc(Cl)c1. The van der Waals surface area contributed by atoms with Crippen LogP contribution in [0.4, 0.5) is 0 Å². The van der Waals surface area contributed by atoms with Crippen molar-refractivity contribution in [2.75, 3.05) is 13.1 Å². The third-order valence-corrected chi connectivity index (χ3v) is 5.19. The summed E-state index contributed by atoms with van der Waals surface area (Å²) in [5.74, 6) is -3.65. The highest BCUT2D eigenvalue weighted by molar-refractivity contribution is 7.19. The fourth-order valence-corrected chi connectivity index (χ4v) is 3.70. The van der Waals surface area contributed by atoms with Crippen LogP contribution in [0.3, 0.4) is 0 Å². The van der Waals surface area contributed by atoms with E-state index >= 15 is 0 Å². The van der Waals surface area contributed by atoms with Crippen LogP contribution in [0, 0.1) is 0 Å². The Kier molecular flexibility index (Phi) is 8.41. The van der Waals surface area contributed by atoms with Gasteiger partial charge in [-0.1, -0.05) is 41.9 Å². The predicted molar refractivity (Wildman–Crippen MR) is 110 cm³/mol. The molecule has 0 radical (unpaired) electrons. The summed E-state index contributed by atoms with van der Waals surface area (Å²) in [7, 11) is 0. The van der Waals surface area contributed by atoms with Crippen LogP contribution < -0.4 is 5.32 Å². The van der Waals surface area contributed by atoms with E-state index in [1.54, 1.807) is 6.07 Å². The average molecular weight is 422 g/mol. The van der Waals surface area contributed by atoms with Crippen molar-refractivity contribution >= 4 is 45.0 Å². The van der Waals surface area contributed by atoms with Crippen molar-refractivity contribution < 1.29 is 24.9 Å². The van der Waals surface area contributed by atoms with Crippen LogP contribution in [-0.2, 0) is 16.0 Å². The molecule has 3 aromatic rings. The molecule has 3 rings (SSSR count). The number of carboxylic acid groups (broad SMARTS) is 2. The second-order valence-corrected chi connectivity index (χ2v) is 7.49. The van der Waals surface area contributed by atoms with Crippen molar-refractivity contribution in [3.8, 4) is 0 Å². The minimum Gasteiger partial charge on any atom is -0.473 e. The van der Waals surface area contributed by atoms with Gasteiger partial charge in [-0.3, -0.25) is 0 Å². The molecule has 0 spiro atoms. The molecule has 28 heavy (non-hydrogen) atoms. The van der Waals surface area contributed by atoms with Gasteiger partial charge in [-0.2, -0.15) is 0 Å². The van der Waals surface area contributed by atoms with Crippen LogP contribution >= 0.6 is 22.9 Å². The molecule has 0 fully saturated rings. The maximum atomic E-state index is 10.1. The first kappa shape index (κ1) is 21.8. The molecule has 0 amide bonds. The molecule has 148 valence electrons. The molecule has 0 aliphatic carbocycles. The van der Waals surface area contributed by atoms with Gasteiger partial charge >= 0.3 is 11.9 Å². The van der Waals surface area contributed by atoms with Gasteiger partial charge in [0, 0.05) is 27.7 Å². The molecule has 0 aliphatic rings. The average Bonchev–Trinajstić information content (AvgIpc) is 3.08. The Morgan fingerprint density at radius 3 is 2.39 bits per heavy atom. The first-order valence-corrected chi connectivity index (χ1v) is 9.64. The zero-order valence-electron chi connectivity index (χ0n) is 14.8. The van der Waals surface area contributed by atoms with Gasteiger partial charge in [0.1, 0.15) is 0 Å². The number of hydrogen-bond donors (Lipinski definition) is 4. The number of aliphatic carboxylic acids is 2. The van der Waals surface area contributed by atoms with Gasteiger partial charge < -0.3 is 20.6 Å². The van der Waals surface area contributed by atoms with E-state index in [0.717, 1.165) is 18.5 Å². The summed E-state index contributed by atoms with van der Waals surface area (Å²) in [5.41, 5.74) is 0.849. The van der Waals surface area contributed by atoms with Crippen molar-refractivity contribution in [2.24, 2.45) is 0 Å². The van der Waals surface area contributed by atoms with E-state index in [-0.39, 0.29) is 0 Å². The van der Waals surface area contributed by atoms with Crippen molar-refractivity contribution in [3.05, 3.63) is 70.1 Å². The van der Waals surface area contributed by atoms with Crippen LogP contribution in [0.1, 0.15) is 16.5 Å². The van der Waals surface area contributed by atoms with Crippen LogP contribution in [-0.4, -0.2) is 40.3 Å². The second-order valence-electron chi connectivity index (χ2n) is 5.89. The Morgan fingerprint density at radius 2 is 1.75 bits per heavy atom. The Hall–Kier alpha value is -2.45. The Labute approximate surface area is 171 Å². The van der Waals surface area contributed by atoms with E-state index in [2.05, 4.69) is 35.6 Å². The fourth-order valence-electron chi connectivity index (χ4n) is 2.44. The van der Waals surface area contributed by atoms with E-state index in [0.29, 0.717) is 11.6 Å². The fraction of sp³-hybridized carbons (Fsp3) is 0.200. The second kappa shape index (κ2) is 10.8. The Balaban J connectivity index is 0.000000409. The van der Waals surface area contributed by atoms with Gasteiger partial charge in [0.2, 0.25) is 0 Å². The van der Waals surface area contributed by atoms with E-state index in [1.165, 1.54) is 15.0 Å². The summed E-state index contributed by atoms with van der Waals surface area (Å²) >= 11 is 7.77. The standard InChI is InChI=1S/C18H18ClNOS.C2H2O4/c19-15-6-3-5-13(10-15)17(21)12-20-9-8-16-11-14-4-1-2-7-18(14)22-16;3-1(4)2(5)6/h1-7,10-11,17,20-21H,8-9,12H2;(H,3,4)(H,5,6). The van der Waals surface area contributed by atoms with Crippen LogP contribution in [0.15, 0.2) is 54.6 Å². The first-order valence-electron chi connectivity index (χ1n) is 8.44. The molecule has 1 unspecified atom stereocenters. The summed E-state index contributed by atoms with van der Waals surface area (Å²) in [6.45, 7) is 1.38. The molecular formula is C20H20ClNO5S. The lowest BCUT2D eigenvalue weighted by Gasteiger charge is -2.12. The van der Waals surface area contributed by atoms with E-state index in [1.807, 2.05) is 29.5 Å². The lowest BCUT2D eigenvalue weighted by Crippen LogP contribution is -2.23. The molecule has 8 heteroatoms. The number of carbonyl (C=O) groups is 2. The quantitative estimate of drug-likeness (QED) is 0.358. The molecule has 0 bridgehead atoms. The number of fused-ring (bicyclic) bond motifs is 1. The van der Waals surface area contributed by atoms with Gasteiger partial charge in [0.05, 0.1) is 6.10 Å². The molecule has 1 atom stereocenters. The summed E-state index contributed by atoms with van der Waals surface area (Å²) in [6, 6.07) is 18.1. The maximum absolute atomic E-state index is 10.1. The van der Waals surface area contributed by atoms with Crippen molar-refractivity contribution in [2.45, 2.75) is 12.5 Å². The maximum Gasteiger partial charge on any atom is 0.414 e. The zero-order valence-corrected chi connectivity index (χ0v) is 16.4. The minimum absolute atomic E-state index is 0.527. The topological polar surface area (TPSA) is 107 Å². The highest BCUT2D eigenvalue weighted by Crippen LogP contribution is 2.25. The Bertz CT molecular complexity index is 898. The number of benzene rings is 2. The molecule has 0 saturated heterocycles. The van der Waals surface area contributed by atoms with Crippen LogP contribution in [0.2, 0.25) is 5.02 Å². The normalized spacial score (nSPS) is 11.5. The van der Waals surface area contributed by atoms with Gasteiger partial charge in [0.25, 0.3) is 0 Å². The number of halogens is 1. The van der Waals surface area contributed by atoms with E-state index in [4.69, 9.17) is 31.4 Å².